The van der Waals surface area contributed by atoms with Crippen molar-refractivity contribution in [1.82, 2.24) is 10.2 Å². The fraction of sp³-hybridized carbons (Fsp3) is 0.300. The summed E-state index contributed by atoms with van der Waals surface area (Å²) in [6.45, 7) is 3.73. The van der Waals surface area contributed by atoms with Gasteiger partial charge in [0, 0.05) is 17.2 Å². The number of hydrogen-bond donors (Lipinski definition) is 2. The minimum Gasteiger partial charge on any atom is -0.445 e. The van der Waals surface area contributed by atoms with E-state index in [2.05, 4.69) is 5.32 Å². The number of fused-ring (bicyclic) bond motifs is 1. The molecule has 26 heavy (non-hydrogen) atoms. The van der Waals surface area contributed by atoms with Crippen LogP contribution in [-0.4, -0.2) is 34.1 Å². The van der Waals surface area contributed by atoms with Gasteiger partial charge in [0.05, 0.1) is 6.04 Å². The summed E-state index contributed by atoms with van der Waals surface area (Å²) in [5, 5.41) is 13.2. The summed E-state index contributed by atoms with van der Waals surface area (Å²) in [5.74, 6) is -0.244. The van der Waals surface area contributed by atoms with Crippen LogP contribution in [0.5, 0.6) is 0 Å². The number of aliphatic hydroxyl groups excluding tert-OH is 1. The number of carbonyl (C=O) groups excluding carboxylic acids is 2. The predicted octanol–water partition coefficient (Wildman–Crippen LogP) is 2.84. The van der Waals surface area contributed by atoms with Crippen molar-refractivity contribution in [2.24, 2.45) is 0 Å². The normalized spacial score (nSPS) is 18.2. The number of carbonyl (C=O) groups is 2. The predicted molar refractivity (Wildman–Crippen MR) is 96.3 cm³/mol. The molecule has 2 amide bonds. The molecule has 0 radical (unpaired) electrons. The third-order valence-electron chi connectivity index (χ3n) is 4.69. The first-order valence-corrected chi connectivity index (χ1v) is 8.56. The lowest BCUT2D eigenvalue weighted by Crippen LogP contribution is -2.50. The van der Waals surface area contributed by atoms with Crippen LogP contribution in [0.25, 0.3) is 0 Å². The monoisotopic (exact) mass is 354 g/mol. The highest BCUT2D eigenvalue weighted by Crippen LogP contribution is 2.33. The molecule has 1 aliphatic rings. The van der Waals surface area contributed by atoms with Crippen LogP contribution in [0, 0.1) is 0 Å². The molecule has 136 valence electrons. The highest BCUT2D eigenvalue weighted by atomic mass is 16.5. The summed E-state index contributed by atoms with van der Waals surface area (Å²) in [5.41, 5.74) is 1.97. The number of nitrogens with zero attached hydrogens (tertiary/aromatic N) is 1. The van der Waals surface area contributed by atoms with Crippen molar-refractivity contribution in [3.05, 3.63) is 71.3 Å². The van der Waals surface area contributed by atoms with E-state index in [1.54, 1.807) is 38.1 Å². The molecule has 3 atom stereocenters. The second-order valence-corrected chi connectivity index (χ2v) is 6.41. The Kier molecular flexibility index (Phi) is 5.23. The minimum atomic E-state index is -1.02. The van der Waals surface area contributed by atoms with Crippen molar-refractivity contribution in [2.75, 3.05) is 0 Å². The van der Waals surface area contributed by atoms with Crippen molar-refractivity contribution < 1.29 is 19.4 Å². The summed E-state index contributed by atoms with van der Waals surface area (Å²) in [6.07, 6.45) is -1.58. The molecule has 1 aliphatic heterocycles. The van der Waals surface area contributed by atoms with Crippen LogP contribution in [-0.2, 0) is 11.3 Å². The van der Waals surface area contributed by atoms with E-state index in [1.807, 2.05) is 30.3 Å². The van der Waals surface area contributed by atoms with E-state index in [0.717, 1.165) is 5.56 Å². The second-order valence-electron chi connectivity index (χ2n) is 6.41. The number of ether oxygens (including phenoxy) is 1. The molecular weight excluding hydrogens is 332 g/mol. The Labute approximate surface area is 152 Å². The van der Waals surface area contributed by atoms with Gasteiger partial charge >= 0.3 is 6.09 Å². The molecule has 2 unspecified atom stereocenters. The Morgan fingerprint density at radius 1 is 1.15 bits per heavy atom. The Morgan fingerprint density at radius 3 is 2.50 bits per heavy atom. The molecule has 2 aromatic rings. The smallest absolute Gasteiger partial charge is 0.407 e. The van der Waals surface area contributed by atoms with Crippen LogP contribution in [0.15, 0.2) is 54.6 Å². The molecule has 1 heterocycles. The Balaban J connectivity index is 1.59. The molecule has 0 fully saturated rings. The van der Waals surface area contributed by atoms with Crippen LogP contribution in [0.4, 0.5) is 4.79 Å². The highest BCUT2D eigenvalue weighted by Gasteiger charge is 2.39. The van der Waals surface area contributed by atoms with Gasteiger partial charge in [-0.1, -0.05) is 48.5 Å². The van der Waals surface area contributed by atoms with Gasteiger partial charge in [-0.3, -0.25) is 4.79 Å². The first kappa shape index (κ1) is 17.9. The van der Waals surface area contributed by atoms with E-state index in [-0.39, 0.29) is 12.5 Å². The number of nitrogens with one attached hydrogen (secondary N) is 1. The van der Waals surface area contributed by atoms with Crippen LogP contribution in [0.3, 0.4) is 0 Å². The maximum atomic E-state index is 12.6. The number of hydrogen-bond acceptors (Lipinski definition) is 4. The summed E-state index contributed by atoms with van der Waals surface area (Å²) < 4.78 is 5.21. The standard InChI is InChI=1S/C20H22N2O4/c1-13(21-20(25)26-12-15-8-4-3-5-9-15)14(2)22-18(23)16-10-6-7-11-17(16)19(22)24/h3-11,13-14,18,23H,12H2,1-2H3,(H,21,25)/t13-,14?,18?/m1/s1. The quantitative estimate of drug-likeness (QED) is 0.865. The molecule has 6 nitrogen and oxygen atoms in total. The fourth-order valence-electron chi connectivity index (χ4n) is 3.04. The lowest BCUT2D eigenvalue weighted by molar-refractivity contribution is -0.00627. The van der Waals surface area contributed by atoms with Crippen LogP contribution in [0.1, 0.15) is 41.6 Å². The van der Waals surface area contributed by atoms with Gasteiger partial charge in [0.2, 0.25) is 0 Å². The van der Waals surface area contributed by atoms with Gasteiger partial charge in [-0.05, 0) is 25.5 Å². The first-order valence-electron chi connectivity index (χ1n) is 8.56. The van der Waals surface area contributed by atoms with Crippen molar-refractivity contribution in [3.8, 4) is 0 Å². The summed E-state index contributed by atoms with van der Waals surface area (Å²) in [4.78, 5) is 26.0. The van der Waals surface area contributed by atoms with Gasteiger partial charge in [0.15, 0.2) is 6.23 Å². The summed E-state index contributed by atoms with van der Waals surface area (Å²) in [6, 6.07) is 15.6. The molecule has 0 saturated carbocycles. The lowest BCUT2D eigenvalue weighted by Gasteiger charge is -2.32. The van der Waals surface area contributed by atoms with Crippen LogP contribution >= 0.6 is 0 Å². The number of rotatable bonds is 5. The van der Waals surface area contributed by atoms with E-state index in [0.29, 0.717) is 11.1 Å². The average molecular weight is 354 g/mol. The first-order chi connectivity index (χ1) is 12.5. The highest BCUT2D eigenvalue weighted by molar-refractivity contribution is 5.99. The van der Waals surface area contributed by atoms with Crippen molar-refractivity contribution in [3.63, 3.8) is 0 Å². The largest absolute Gasteiger partial charge is 0.445 e. The van der Waals surface area contributed by atoms with Gasteiger partial charge < -0.3 is 20.1 Å². The SMILES string of the molecule is CC([C@@H](C)NC(=O)OCc1ccccc1)N1C(=O)c2ccccc2C1O. The molecule has 6 heteroatoms. The molecule has 0 aliphatic carbocycles. The minimum absolute atomic E-state index is 0.171. The van der Waals surface area contributed by atoms with Gasteiger partial charge in [-0.25, -0.2) is 4.79 Å². The zero-order valence-electron chi connectivity index (χ0n) is 14.8. The van der Waals surface area contributed by atoms with E-state index in [9.17, 15) is 14.7 Å². The van der Waals surface area contributed by atoms with Crippen LogP contribution in [0.2, 0.25) is 0 Å². The van der Waals surface area contributed by atoms with Gasteiger partial charge in [0.25, 0.3) is 5.91 Å². The third-order valence-corrected chi connectivity index (χ3v) is 4.69. The topological polar surface area (TPSA) is 78.9 Å². The Bertz CT molecular complexity index is 793. The average Bonchev–Trinajstić information content (AvgIpc) is 2.91. The molecular formula is C20H22N2O4. The number of alkyl carbamates (subject to hydrolysis) is 1. The van der Waals surface area contributed by atoms with Gasteiger partial charge in [-0.2, -0.15) is 0 Å². The molecule has 0 bridgehead atoms. The van der Waals surface area contributed by atoms with Crippen molar-refractivity contribution in [2.45, 2.75) is 38.8 Å². The molecule has 0 aromatic heterocycles. The zero-order valence-corrected chi connectivity index (χ0v) is 14.8. The number of amides is 2. The van der Waals surface area contributed by atoms with E-state index in [1.165, 1.54) is 4.90 Å². The van der Waals surface area contributed by atoms with Gasteiger partial charge in [-0.15, -0.1) is 0 Å². The van der Waals surface area contributed by atoms with E-state index >= 15 is 0 Å². The zero-order chi connectivity index (χ0) is 18.7. The lowest BCUT2D eigenvalue weighted by atomic mass is 10.1. The molecule has 2 N–H and O–H groups in total. The Hall–Kier alpha value is -2.86. The maximum Gasteiger partial charge on any atom is 0.407 e. The number of aliphatic hydroxyl groups is 1. The fourth-order valence-corrected chi connectivity index (χ4v) is 3.04. The Morgan fingerprint density at radius 2 is 1.81 bits per heavy atom. The molecule has 0 spiro atoms. The summed E-state index contributed by atoms with van der Waals surface area (Å²) >= 11 is 0. The van der Waals surface area contributed by atoms with E-state index < -0.39 is 24.4 Å². The molecule has 3 rings (SSSR count). The summed E-state index contributed by atoms with van der Waals surface area (Å²) in [7, 11) is 0. The van der Waals surface area contributed by atoms with Gasteiger partial charge in [0.1, 0.15) is 6.61 Å². The van der Waals surface area contributed by atoms with Crippen LogP contribution < -0.4 is 5.32 Å². The molecule has 2 aromatic carbocycles. The second kappa shape index (κ2) is 7.58. The van der Waals surface area contributed by atoms with Crippen molar-refractivity contribution >= 4 is 12.0 Å². The molecule has 0 saturated heterocycles. The van der Waals surface area contributed by atoms with E-state index in [4.69, 9.17) is 4.74 Å². The maximum absolute atomic E-state index is 12.6. The van der Waals surface area contributed by atoms with Crippen molar-refractivity contribution in [1.29, 1.82) is 0 Å². The third kappa shape index (κ3) is 3.55. The number of benzene rings is 2.